The second kappa shape index (κ2) is 9.20. The highest BCUT2D eigenvalue weighted by Gasteiger charge is 2.34. The van der Waals surface area contributed by atoms with Gasteiger partial charge in [-0.2, -0.15) is 0 Å². The van der Waals surface area contributed by atoms with Crippen molar-refractivity contribution >= 4 is 36.0 Å². The molecule has 1 aromatic heterocycles. The highest BCUT2D eigenvalue weighted by atomic mass is 127. The van der Waals surface area contributed by atoms with E-state index in [-0.39, 0.29) is 36.1 Å². The van der Waals surface area contributed by atoms with Crippen LogP contribution in [0.3, 0.4) is 0 Å². The molecule has 2 heterocycles. The van der Waals surface area contributed by atoms with Gasteiger partial charge in [0.2, 0.25) is 0 Å². The lowest BCUT2D eigenvalue weighted by molar-refractivity contribution is 0.00701. The third kappa shape index (κ3) is 6.67. The molecule has 1 fully saturated rings. The number of carbonyl (C=O) groups excluding carboxylic acids is 1. The standard InChI is InChI=1S/C15H27N7O2.HI/c1-6-16-13(17-7-12-20-18-10-21(12)5)19-11-8-22(9-11)14(23)24-15(2,3)4;/h10-11H,6-9H2,1-5H3,(H2,16,17,19);1H. The summed E-state index contributed by atoms with van der Waals surface area (Å²) < 4.78 is 7.18. The van der Waals surface area contributed by atoms with Crippen molar-refractivity contribution in [3.05, 3.63) is 12.2 Å². The van der Waals surface area contributed by atoms with Crippen molar-refractivity contribution in [1.29, 1.82) is 0 Å². The summed E-state index contributed by atoms with van der Waals surface area (Å²) in [6.45, 7) is 10.00. The molecule has 0 radical (unpaired) electrons. The highest BCUT2D eigenvalue weighted by Crippen LogP contribution is 2.15. The molecule has 0 aliphatic carbocycles. The van der Waals surface area contributed by atoms with Crippen molar-refractivity contribution in [1.82, 2.24) is 30.3 Å². The van der Waals surface area contributed by atoms with E-state index in [1.165, 1.54) is 0 Å². The molecule has 2 rings (SSSR count). The molecule has 0 aromatic carbocycles. The number of guanidine groups is 1. The Morgan fingerprint density at radius 2 is 2.12 bits per heavy atom. The van der Waals surface area contributed by atoms with Crippen LogP contribution in [0.2, 0.25) is 0 Å². The summed E-state index contributed by atoms with van der Waals surface area (Å²) in [5.41, 5.74) is -0.470. The van der Waals surface area contributed by atoms with E-state index in [0.717, 1.165) is 12.4 Å². The van der Waals surface area contributed by atoms with Crippen molar-refractivity contribution in [3.63, 3.8) is 0 Å². The molecule has 0 unspecified atom stereocenters. The smallest absolute Gasteiger partial charge is 0.410 e. The second-order valence-electron chi connectivity index (χ2n) is 6.78. The molecule has 1 aliphatic rings. The highest BCUT2D eigenvalue weighted by molar-refractivity contribution is 14.0. The minimum Gasteiger partial charge on any atom is -0.444 e. The predicted octanol–water partition coefficient (Wildman–Crippen LogP) is 1.11. The van der Waals surface area contributed by atoms with Crippen LogP contribution in [-0.2, 0) is 18.3 Å². The largest absolute Gasteiger partial charge is 0.444 e. The first kappa shape index (κ1) is 21.5. The fourth-order valence-corrected chi connectivity index (χ4v) is 2.16. The van der Waals surface area contributed by atoms with Crippen LogP contribution >= 0.6 is 24.0 Å². The van der Waals surface area contributed by atoms with Gasteiger partial charge in [0.25, 0.3) is 0 Å². The van der Waals surface area contributed by atoms with Gasteiger partial charge in [0.1, 0.15) is 18.5 Å². The van der Waals surface area contributed by atoms with Crippen molar-refractivity contribution in [2.24, 2.45) is 12.0 Å². The Balaban J connectivity index is 0.00000312. The first-order valence-corrected chi connectivity index (χ1v) is 8.14. The zero-order chi connectivity index (χ0) is 17.7. The zero-order valence-corrected chi connectivity index (χ0v) is 17.8. The van der Waals surface area contributed by atoms with E-state index in [4.69, 9.17) is 4.74 Å². The lowest BCUT2D eigenvalue weighted by atomic mass is 10.1. The Morgan fingerprint density at radius 1 is 1.44 bits per heavy atom. The van der Waals surface area contributed by atoms with Crippen LogP contribution in [0.15, 0.2) is 11.3 Å². The van der Waals surface area contributed by atoms with Gasteiger partial charge in [-0.05, 0) is 27.7 Å². The summed E-state index contributed by atoms with van der Waals surface area (Å²) in [4.78, 5) is 18.1. The summed E-state index contributed by atoms with van der Waals surface area (Å²) in [5, 5.41) is 14.4. The molecule has 0 spiro atoms. The number of rotatable bonds is 4. The first-order chi connectivity index (χ1) is 11.3. The van der Waals surface area contributed by atoms with Gasteiger partial charge in [-0.15, -0.1) is 34.2 Å². The van der Waals surface area contributed by atoms with Gasteiger partial charge in [0, 0.05) is 26.7 Å². The molecule has 25 heavy (non-hydrogen) atoms. The van der Waals surface area contributed by atoms with Gasteiger partial charge in [0.15, 0.2) is 11.8 Å². The summed E-state index contributed by atoms with van der Waals surface area (Å²) in [5.74, 6) is 1.49. The van der Waals surface area contributed by atoms with E-state index in [2.05, 4.69) is 25.8 Å². The number of carbonyl (C=O) groups is 1. The van der Waals surface area contributed by atoms with Crippen LogP contribution in [0, 0.1) is 0 Å². The van der Waals surface area contributed by atoms with Crippen LogP contribution in [0.4, 0.5) is 4.79 Å². The third-order valence-electron chi connectivity index (χ3n) is 3.40. The third-order valence-corrected chi connectivity index (χ3v) is 3.40. The number of hydrogen-bond donors (Lipinski definition) is 2. The van der Waals surface area contributed by atoms with E-state index in [1.54, 1.807) is 11.2 Å². The minimum absolute atomic E-state index is 0. The van der Waals surface area contributed by atoms with Crippen LogP contribution < -0.4 is 10.6 Å². The SMILES string of the molecule is CCNC(=NCc1nncn1C)NC1CN(C(=O)OC(C)(C)C)C1.I. The molecular weight excluding hydrogens is 437 g/mol. The van der Waals surface area contributed by atoms with Crippen molar-refractivity contribution in [2.75, 3.05) is 19.6 Å². The normalized spacial score (nSPS) is 15.2. The van der Waals surface area contributed by atoms with Crippen LogP contribution in [0.25, 0.3) is 0 Å². The number of aromatic nitrogens is 3. The summed E-state index contributed by atoms with van der Waals surface area (Å²) in [6, 6.07) is 0.162. The molecule has 1 saturated heterocycles. The lowest BCUT2D eigenvalue weighted by Gasteiger charge is -2.40. The van der Waals surface area contributed by atoms with Gasteiger partial charge in [0.05, 0.1) is 6.04 Å². The maximum atomic E-state index is 11.9. The molecule has 10 heteroatoms. The lowest BCUT2D eigenvalue weighted by Crippen LogP contribution is -2.63. The maximum absolute atomic E-state index is 11.9. The number of amides is 1. The molecule has 142 valence electrons. The van der Waals surface area contributed by atoms with E-state index in [1.807, 2.05) is 39.3 Å². The van der Waals surface area contributed by atoms with Crippen molar-refractivity contribution in [3.8, 4) is 0 Å². The number of likely N-dealkylation sites (tertiary alicyclic amines) is 1. The Hall–Kier alpha value is -1.59. The molecular formula is C15H28IN7O2. The van der Waals surface area contributed by atoms with E-state index in [9.17, 15) is 4.79 Å². The van der Waals surface area contributed by atoms with E-state index >= 15 is 0 Å². The zero-order valence-electron chi connectivity index (χ0n) is 15.4. The van der Waals surface area contributed by atoms with Crippen LogP contribution in [0.1, 0.15) is 33.5 Å². The summed E-state index contributed by atoms with van der Waals surface area (Å²) in [7, 11) is 1.88. The average molecular weight is 465 g/mol. The number of halogens is 1. The summed E-state index contributed by atoms with van der Waals surface area (Å²) in [6.07, 6.45) is 1.37. The molecule has 1 amide bonds. The number of aryl methyl sites for hydroxylation is 1. The van der Waals surface area contributed by atoms with Gasteiger partial charge < -0.3 is 24.8 Å². The van der Waals surface area contributed by atoms with E-state index < -0.39 is 5.60 Å². The van der Waals surface area contributed by atoms with Crippen LogP contribution in [0.5, 0.6) is 0 Å². The van der Waals surface area contributed by atoms with Gasteiger partial charge in [-0.3, -0.25) is 0 Å². The van der Waals surface area contributed by atoms with Gasteiger partial charge in [-0.25, -0.2) is 9.79 Å². The topological polar surface area (TPSA) is 96.7 Å². The van der Waals surface area contributed by atoms with Gasteiger partial charge in [-0.1, -0.05) is 0 Å². The maximum Gasteiger partial charge on any atom is 0.410 e. The Bertz CT molecular complexity index is 591. The first-order valence-electron chi connectivity index (χ1n) is 8.14. The Kier molecular flexibility index (Phi) is 7.90. The molecule has 1 aromatic rings. The molecule has 0 atom stereocenters. The van der Waals surface area contributed by atoms with Crippen molar-refractivity contribution < 1.29 is 9.53 Å². The monoisotopic (exact) mass is 465 g/mol. The number of ether oxygens (including phenoxy) is 1. The summed E-state index contributed by atoms with van der Waals surface area (Å²) >= 11 is 0. The van der Waals surface area contributed by atoms with Crippen molar-refractivity contribution in [2.45, 2.75) is 45.9 Å². The minimum atomic E-state index is -0.470. The molecule has 1 aliphatic heterocycles. The quantitative estimate of drug-likeness (QED) is 0.393. The van der Waals surface area contributed by atoms with Gasteiger partial charge >= 0.3 is 6.09 Å². The number of hydrogen-bond acceptors (Lipinski definition) is 5. The number of aliphatic imine (C=N–C) groups is 1. The Labute approximate surface area is 165 Å². The van der Waals surface area contributed by atoms with Crippen LogP contribution in [-0.4, -0.2) is 63.0 Å². The second-order valence-corrected chi connectivity index (χ2v) is 6.78. The Morgan fingerprint density at radius 3 is 2.64 bits per heavy atom. The number of nitrogens with zero attached hydrogens (tertiary/aromatic N) is 5. The molecule has 0 saturated carbocycles. The predicted molar refractivity (Wildman–Crippen MR) is 106 cm³/mol. The fourth-order valence-electron chi connectivity index (χ4n) is 2.16. The van der Waals surface area contributed by atoms with E-state index in [0.29, 0.717) is 25.6 Å². The molecule has 2 N–H and O–H groups in total. The molecule has 0 bridgehead atoms. The number of nitrogens with one attached hydrogen (secondary N) is 2. The fraction of sp³-hybridized carbons (Fsp3) is 0.733. The average Bonchev–Trinajstić information content (AvgIpc) is 2.82. The molecule has 9 nitrogen and oxygen atoms in total.